The highest BCUT2D eigenvalue weighted by atomic mass is 35.5. The molecular weight excluding hydrogens is 259 g/mol. The number of aromatic nitrogens is 4. The number of halogens is 2. The molecule has 2 N–H and O–H groups in total. The first-order valence-corrected chi connectivity index (χ1v) is 5.15. The molecule has 6 nitrogen and oxygen atoms in total. The van der Waals surface area contributed by atoms with E-state index in [1.54, 1.807) is 0 Å². The molecule has 1 aromatic heterocycles. The predicted molar refractivity (Wildman–Crippen MR) is 62.8 cm³/mol. The molecule has 0 spiro atoms. The fourth-order valence-corrected chi connectivity index (χ4v) is 1.42. The number of tetrazole rings is 1. The minimum atomic E-state index is -0.524. The molecule has 0 unspecified atom stereocenters. The van der Waals surface area contributed by atoms with Gasteiger partial charge in [0.05, 0.1) is 10.7 Å². The Kier molecular flexibility index (Phi) is 3.50. The van der Waals surface area contributed by atoms with Gasteiger partial charge < -0.3 is 5.32 Å². The average molecular weight is 265 g/mol. The Morgan fingerprint density at radius 3 is 3.00 bits per heavy atom. The minimum absolute atomic E-state index is 0.0791. The summed E-state index contributed by atoms with van der Waals surface area (Å²) in [7, 11) is 0. The molecule has 0 atom stereocenters. The zero-order valence-electron chi connectivity index (χ0n) is 8.85. The SMILES string of the molecule is N#CC(=CNc1c(F)cccc1Cl)c1nn[nH]n1. The molecule has 0 fully saturated rings. The summed E-state index contributed by atoms with van der Waals surface area (Å²) < 4.78 is 13.4. The van der Waals surface area contributed by atoms with E-state index >= 15 is 0 Å². The van der Waals surface area contributed by atoms with Crippen molar-refractivity contribution in [3.05, 3.63) is 41.1 Å². The molecule has 1 heterocycles. The normalized spacial score (nSPS) is 11.1. The lowest BCUT2D eigenvalue weighted by Crippen LogP contribution is -1.96. The zero-order valence-corrected chi connectivity index (χ0v) is 9.61. The maximum absolute atomic E-state index is 13.4. The van der Waals surface area contributed by atoms with Gasteiger partial charge in [-0.05, 0) is 17.3 Å². The first-order chi connectivity index (χ1) is 8.72. The number of nitriles is 1. The maximum Gasteiger partial charge on any atom is 0.216 e. The molecule has 0 saturated heterocycles. The number of benzene rings is 1. The Bertz CT molecular complexity index is 596. The summed E-state index contributed by atoms with van der Waals surface area (Å²) in [6.45, 7) is 0. The van der Waals surface area contributed by atoms with Crippen molar-refractivity contribution in [2.45, 2.75) is 0 Å². The van der Waals surface area contributed by atoms with Crippen LogP contribution in [0.25, 0.3) is 5.57 Å². The zero-order chi connectivity index (χ0) is 13.0. The summed E-state index contributed by atoms with van der Waals surface area (Å²) in [4.78, 5) is 0. The maximum atomic E-state index is 13.4. The first kappa shape index (κ1) is 12.0. The van der Waals surface area contributed by atoms with Gasteiger partial charge >= 0.3 is 0 Å². The van der Waals surface area contributed by atoms with Gasteiger partial charge in [0.1, 0.15) is 17.5 Å². The van der Waals surface area contributed by atoms with E-state index in [0.29, 0.717) is 0 Å². The van der Waals surface area contributed by atoms with Crippen molar-refractivity contribution in [2.24, 2.45) is 0 Å². The molecule has 90 valence electrons. The van der Waals surface area contributed by atoms with Gasteiger partial charge in [-0.15, -0.1) is 10.2 Å². The quantitative estimate of drug-likeness (QED) is 0.827. The number of nitrogens with one attached hydrogen (secondary N) is 2. The van der Waals surface area contributed by atoms with Gasteiger partial charge in [0.2, 0.25) is 5.82 Å². The number of nitrogens with zero attached hydrogens (tertiary/aromatic N) is 4. The fraction of sp³-hybridized carbons (Fsp3) is 0. The molecule has 0 bridgehead atoms. The number of allylic oxidation sites excluding steroid dienone is 1. The fourth-order valence-electron chi connectivity index (χ4n) is 1.20. The Hall–Kier alpha value is -2.46. The van der Waals surface area contributed by atoms with Crippen LogP contribution in [0, 0.1) is 17.1 Å². The van der Waals surface area contributed by atoms with Crippen LogP contribution in [0.5, 0.6) is 0 Å². The van der Waals surface area contributed by atoms with Crippen LogP contribution >= 0.6 is 11.6 Å². The van der Waals surface area contributed by atoms with E-state index in [4.69, 9.17) is 16.9 Å². The Morgan fingerprint density at radius 1 is 1.56 bits per heavy atom. The second-order valence-electron chi connectivity index (χ2n) is 3.15. The van der Waals surface area contributed by atoms with Gasteiger partial charge in [0, 0.05) is 6.20 Å². The van der Waals surface area contributed by atoms with Crippen LogP contribution in [0.15, 0.2) is 24.4 Å². The van der Waals surface area contributed by atoms with Gasteiger partial charge in [0.25, 0.3) is 0 Å². The molecule has 8 heteroatoms. The second-order valence-corrected chi connectivity index (χ2v) is 3.55. The Labute approximate surface area is 106 Å². The van der Waals surface area contributed by atoms with Gasteiger partial charge in [0.15, 0.2) is 0 Å². The van der Waals surface area contributed by atoms with Gasteiger partial charge in [-0.2, -0.15) is 10.5 Å². The molecule has 1 aromatic carbocycles. The number of rotatable bonds is 3. The van der Waals surface area contributed by atoms with Crippen LogP contribution < -0.4 is 5.32 Å². The largest absolute Gasteiger partial charge is 0.357 e. The molecule has 2 rings (SSSR count). The van der Waals surface area contributed by atoms with Crippen molar-refractivity contribution in [1.82, 2.24) is 20.6 Å². The van der Waals surface area contributed by atoms with Gasteiger partial charge in [-0.25, -0.2) is 4.39 Å². The third-order valence-corrected chi connectivity index (χ3v) is 2.35. The lowest BCUT2D eigenvalue weighted by atomic mass is 10.3. The van der Waals surface area contributed by atoms with E-state index in [1.165, 1.54) is 24.4 Å². The highest BCUT2D eigenvalue weighted by molar-refractivity contribution is 6.33. The van der Waals surface area contributed by atoms with Crippen LogP contribution in [0.1, 0.15) is 5.82 Å². The molecule has 0 saturated carbocycles. The highest BCUT2D eigenvalue weighted by Crippen LogP contribution is 2.25. The Balaban J connectivity index is 2.27. The monoisotopic (exact) mass is 264 g/mol. The van der Waals surface area contributed by atoms with E-state index in [0.717, 1.165) is 0 Å². The molecule has 0 aliphatic carbocycles. The van der Waals surface area contributed by atoms with Crippen LogP contribution in [-0.4, -0.2) is 20.6 Å². The van der Waals surface area contributed by atoms with Crippen LogP contribution in [-0.2, 0) is 0 Å². The summed E-state index contributed by atoms with van der Waals surface area (Å²) in [5, 5.41) is 24.5. The number of aromatic amines is 1. The standard InChI is InChI=1S/C10H6ClFN6/c11-7-2-1-3-8(12)9(7)14-5-6(4-13)10-15-17-18-16-10/h1-3,5,14H,(H,15,16,17,18). The third-order valence-electron chi connectivity index (χ3n) is 2.03. The average Bonchev–Trinajstić information content (AvgIpc) is 2.87. The van der Waals surface area contributed by atoms with E-state index in [9.17, 15) is 4.39 Å². The second kappa shape index (κ2) is 5.25. The predicted octanol–water partition coefficient (Wildman–Crippen LogP) is 1.97. The van der Waals surface area contributed by atoms with E-state index in [2.05, 4.69) is 25.9 Å². The molecule has 0 amide bonds. The minimum Gasteiger partial charge on any atom is -0.357 e. The van der Waals surface area contributed by atoms with E-state index in [-0.39, 0.29) is 22.1 Å². The molecule has 18 heavy (non-hydrogen) atoms. The van der Waals surface area contributed by atoms with Crippen LogP contribution in [0.3, 0.4) is 0 Å². The van der Waals surface area contributed by atoms with Crippen LogP contribution in [0.2, 0.25) is 5.02 Å². The topological polar surface area (TPSA) is 90.3 Å². The van der Waals surface area contributed by atoms with Crippen molar-refractivity contribution in [1.29, 1.82) is 5.26 Å². The smallest absolute Gasteiger partial charge is 0.216 e. The number of hydrogen-bond donors (Lipinski definition) is 2. The van der Waals surface area contributed by atoms with Crippen molar-refractivity contribution in [3.63, 3.8) is 0 Å². The number of hydrogen-bond acceptors (Lipinski definition) is 5. The summed E-state index contributed by atoms with van der Waals surface area (Å²) in [6.07, 6.45) is 1.26. The van der Waals surface area contributed by atoms with Crippen molar-refractivity contribution >= 4 is 22.9 Å². The van der Waals surface area contributed by atoms with E-state index in [1.807, 2.05) is 6.07 Å². The van der Waals surface area contributed by atoms with Gasteiger partial charge in [-0.3, -0.25) is 0 Å². The van der Waals surface area contributed by atoms with Crippen molar-refractivity contribution in [3.8, 4) is 6.07 Å². The first-order valence-electron chi connectivity index (χ1n) is 4.77. The Morgan fingerprint density at radius 2 is 2.39 bits per heavy atom. The molecule has 0 aliphatic heterocycles. The molecule has 0 aliphatic rings. The van der Waals surface area contributed by atoms with E-state index < -0.39 is 5.82 Å². The van der Waals surface area contributed by atoms with Gasteiger partial charge in [-0.1, -0.05) is 17.7 Å². The van der Waals surface area contributed by atoms with Crippen molar-refractivity contribution < 1.29 is 4.39 Å². The lowest BCUT2D eigenvalue weighted by Gasteiger charge is -2.04. The lowest BCUT2D eigenvalue weighted by molar-refractivity contribution is 0.632. The number of H-pyrrole nitrogens is 1. The third kappa shape index (κ3) is 2.44. The van der Waals surface area contributed by atoms with Crippen molar-refractivity contribution in [2.75, 3.05) is 5.32 Å². The summed E-state index contributed by atoms with van der Waals surface area (Å²) in [5.41, 5.74) is 0.179. The summed E-state index contributed by atoms with van der Waals surface area (Å²) in [6, 6.07) is 6.13. The molecule has 0 radical (unpaired) electrons. The van der Waals surface area contributed by atoms with Crippen LogP contribution in [0.4, 0.5) is 10.1 Å². The molecule has 2 aromatic rings. The number of anilines is 1. The summed E-state index contributed by atoms with van der Waals surface area (Å²) in [5.74, 6) is -0.415. The highest BCUT2D eigenvalue weighted by Gasteiger charge is 2.08. The molecular formula is C10H6ClFN6. The summed E-state index contributed by atoms with van der Waals surface area (Å²) >= 11 is 5.82. The number of para-hydroxylation sites is 1.